The van der Waals surface area contributed by atoms with Crippen molar-refractivity contribution in [1.29, 1.82) is 0 Å². The number of nitrogens with one attached hydrogen (secondary N) is 1. The first-order chi connectivity index (χ1) is 13.9. The molecule has 1 fully saturated rings. The predicted octanol–water partition coefficient (Wildman–Crippen LogP) is 4.29. The van der Waals surface area contributed by atoms with Crippen LogP contribution in [-0.4, -0.2) is 31.7 Å². The highest BCUT2D eigenvalue weighted by Gasteiger charge is 2.26. The Balaban J connectivity index is 1.67. The fraction of sp³-hybridized carbons (Fsp3) is 0.400. The summed E-state index contributed by atoms with van der Waals surface area (Å²) in [7, 11) is -4.70. The molecule has 156 valence electrons. The van der Waals surface area contributed by atoms with Gasteiger partial charge in [0.2, 0.25) is 9.84 Å². The number of anilines is 1. The standard InChI is InChI=1S/C20H22F2N2O4S/c21-20(22)29(26,27)16-10-8-15(9-11-16)19(25)24-18-17(7-4-12-23-18)28-13-14-5-2-1-3-6-14/h4,7-12,14,20H,1-3,5-6,13H2,(H,23,24,25). The van der Waals surface area contributed by atoms with Gasteiger partial charge in [-0.3, -0.25) is 4.79 Å². The SMILES string of the molecule is O=C(Nc1ncccc1OCC1CCCCC1)c1ccc(S(=O)(=O)C(F)F)cc1. The van der Waals surface area contributed by atoms with Crippen molar-refractivity contribution in [2.24, 2.45) is 5.92 Å². The summed E-state index contributed by atoms with van der Waals surface area (Å²) < 4.78 is 54.0. The maximum Gasteiger partial charge on any atom is 0.341 e. The Bertz CT molecular complexity index is 943. The Kier molecular flexibility index (Phi) is 6.79. The highest BCUT2D eigenvalue weighted by Crippen LogP contribution is 2.27. The smallest absolute Gasteiger partial charge is 0.341 e. The zero-order valence-corrected chi connectivity index (χ0v) is 16.5. The zero-order valence-electron chi connectivity index (χ0n) is 15.7. The number of ether oxygens (including phenoxy) is 1. The second-order valence-electron chi connectivity index (χ2n) is 6.95. The molecule has 0 aliphatic heterocycles. The van der Waals surface area contributed by atoms with E-state index in [9.17, 15) is 22.0 Å². The fourth-order valence-electron chi connectivity index (χ4n) is 3.24. The molecule has 1 aromatic heterocycles. The van der Waals surface area contributed by atoms with E-state index in [2.05, 4.69) is 10.3 Å². The molecule has 1 heterocycles. The monoisotopic (exact) mass is 424 g/mol. The van der Waals surface area contributed by atoms with Gasteiger partial charge in [-0.25, -0.2) is 13.4 Å². The van der Waals surface area contributed by atoms with E-state index in [0.717, 1.165) is 25.0 Å². The lowest BCUT2D eigenvalue weighted by molar-refractivity contribution is 0.102. The topological polar surface area (TPSA) is 85.4 Å². The molecule has 0 unspecified atom stereocenters. The maximum atomic E-state index is 12.6. The molecule has 1 aliphatic carbocycles. The van der Waals surface area contributed by atoms with Crippen LogP contribution >= 0.6 is 0 Å². The minimum absolute atomic E-state index is 0.113. The third-order valence-electron chi connectivity index (χ3n) is 4.88. The number of nitrogens with zero attached hydrogens (tertiary/aromatic N) is 1. The largest absolute Gasteiger partial charge is 0.489 e. The van der Waals surface area contributed by atoms with Crippen molar-refractivity contribution in [2.45, 2.75) is 42.8 Å². The molecule has 9 heteroatoms. The van der Waals surface area contributed by atoms with Crippen LogP contribution in [0.5, 0.6) is 5.75 Å². The molecule has 6 nitrogen and oxygen atoms in total. The number of pyridine rings is 1. The van der Waals surface area contributed by atoms with Crippen molar-refractivity contribution in [3.63, 3.8) is 0 Å². The zero-order chi connectivity index (χ0) is 20.9. The van der Waals surface area contributed by atoms with Crippen LogP contribution in [0.3, 0.4) is 0 Å². The van der Waals surface area contributed by atoms with Crippen LogP contribution in [0, 0.1) is 5.92 Å². The Hall–Kier alpha value is -2.55. The normalized spacial score (nSPS) is 15.3. The van der Waals surface area contributed by atoms with Crippen molar-refractivity contribution in [1.82, 2.24) is 4.98 Å². The van der Waals surface area contributed by atoms with Crippen molar-refractivity contribution in [3.8, 4) is 5.75 Å². The number of alkyl halides is 2. The molecule has 0 atom stereocenters. The molecular formula is C20H22F2N2O4S. The third kappa shape index (κ3) is 5.29. The number of carbonyl (C=O) groups is 1. The first kappa shape index (κ1) is 21.2. The second kappa shape index (κ2) is 9.30. The van der Waals surface area contributed by atoms with Crippen molar-refractivity contribution >= 4 is 21.6 Å². The van der Waals surface area contributed by atoms with Gasteiger partial charge in [0, 0.05) is 11.8 Å². The summed E-state index contributed by atoms with van der Waals surface area (Å²) in [5.74, 6) is -2.88. The molecule has 0 radical (unpaired) electrons. The fourth-order valence-corrected chi connectivity index (χ4v) is 3.96. The van der Waals surface area contributed by atoms with Gasteiger partial charge in [0.25, 0.3) is 5.91 Å². The van der Waals surface area contributed by atoms with E-state index < -0.39 is 26.4 Å². The van der Waals surface area contributed by atoms with Crippen LogP contribution in [0.25, 0.3) is 0 Å². The van der Waals surface area contributed by atoms with Gasteiger partial charge in [0.05, 0.1) is 11.5 Å². The lowest BCUT2D eigenvalue weighted by Crippen LogP contribution is -2.18. The summed E-state index contributed by atoms with van der Waals surface area (Å²) in [5.41, 5.74) is 0.113. The summed E-state index contributed by atoms with van der Waals surface area (Å²) >= 11 is 0. The van der Waals surface area contributed by atoms with Crippen LogP contribution in [0.2, 0.25) is 0 Å². The molecule has 2 aromatic rings. The molecule has 3 rings (SSSR count). The Morgan fingerprint density at radius 3 is 2.48 bits per heavy atom. The van der Waals surface area contributed by atoms with E-state index in [0.29, 0.717) is 18.3 Å². The molecule has 1 aliphatic rings. The number of hydrogen-bond donors (Lipinski definition) is 1. The van der Waals surface area contributed by atoms with Gasteiger partial charge < -0.3 is 10.1 Å². The summed E-state index contributed by atoms with van der Waals surface area (Å²) in [5, 5.41) is 2.62. The molecule has 29 heavy (non-hydrogen) atoms. The summed E-state index contributed by atoms with van der Waals surface area (Å²) in [6.07, 6.45) is 7.40. The van der Waals surface area contributed by atoms with E-state index in [1.54, 1.807) is 12.1 Å². The number of benzene rings is 1. The van der Waals surface area contributed by atoms with Gasteiger partial charge in [-0.15, -0.1) is 0 Å². The summed E-state index contributed by atoms with van der Waals surface area (Å²) in [4.78, 5) is 16.1. The van der Waals surface area contributed by atoms with Gasteiger partial charge in [0.1, 0.15) is 0 Å². The quantitative estimate of drug-likeness (QED) is 0.717. The first-order valence-corrected chi connectivity index (χ1v) is 10.9. The number of halogens is 2. The molecule has 0 spiro atoms. The second-order valence-corrected chi connectivity index (χ2v) is 8.87. The van der Waals surface area contributed by atoms with Crippen LogP contribution in [0.15, 0.2) is 47.5 Å². The van der Waals surface area contributed by atoms with Crippen LogP contribution in [0.4, 0.5) is 14.6 Å². The lowest BCUT2D eigenvalue weighted by atomic mass is 9.90. The van der Waals surface area contributed by atoms with E-state index in [-0.39, 0.29) is 11.4 Å². The van der Waals surface area contributed by atoms with Gasteiger partial charge in [-0.1, -0.05) is 19.3 Å². The highest BCUT2D eigenvalue weighted by molar-refractivity contribution is 7.91. The number of sulfone groups is 1. The number of rotatable bonds is 7. The number of aromatic nitrogens is 1. The first-order valence-electron chi connectivity index (χ1n) is 9.39. The van der Waals surface area contributed by atoms with E-state index >= 15 is 0 Å². The number of carbonyl (C=O) groups excluding carboxylic acids is 1. The van der Waals surface area contributed by atoms with Crippen LogP contribution < -0.4 is 10.1 Å². The van der Waals surface area contributed by atoms with E-state index in [4.69, 9.17) is 4.74 Å². The van der Waals surface area contributed by atoms with Crippen LogP contribution in [-0.2, 0) is 9.84 Å². The van der Waals surface area contributed by atoms with Crippen LogP contribution in [0.1, 0.15) is 42.5 Å². The van der Waals surface area contributed by atoms with Gasteiger partial charge in [-0.05, 0) is 55.2 Å². The maximum absolute atomic E-state index is 12.6. The summed E-state index contributed by atoms with van der Waals surface area (Å²) in [6.45, 7) is 0.550. The van der Waals surface area contributed by atoms with E-state index in [1.165, 1.54) is 37.6 Å². The Morgan fingerprint density at radius 1 is 1.14 bits per heavy atom. The predicted molar refractivity (Wildman–Crippen MR) is 104 cm³/mol. The van der Waals surface area contributed by atoms with Gasteiger partial charge in [-0.2, -0.15) is 8.78 Å². The molecule has 1 saturated carbocycles. The van der Waals surface area contributed by atoms with Crippen molar-refractivity contribution in [2.75, 3.05) is 11.9 Å². The molecular weight excluding hydrogens is 402 g/mol. The Labute approximate surface area is 168 Å². The summed E-state index contributed by atoms with van der Waals surface area (Å²) in [6, 6.07) is 7.73. The lowest BCUT2D eigenvalue weighted by Gasteiger charge is -2.22. The third-order valence-corrected chi connectivity index (χ3v) is 6.28. The minimum atomic E-state index is -4.70. The molecule has 1 aromatic carbocycles. The molecule has 0 bridgehead atoms. The molecule has 1 amide bonds. The number of hydrogen-bond acceptors (Lipinski definition) is 5. The average molecular weight is 424 g/mol. The minimum Gasteiger partial charge on any atom is -0.489 e. The number of amides is 1. The van der Waals surface area contributed by atoms with Gasteiger partial charge in [0.15, 0.2) is 11.6 Å². The Morgan fingerprint density at radius 2 is 1.83 bits per heavy atom. The van der Waals surface area contributed by atoms with E-state index in [1.807, 2.05) is 0 Å². The van der Waals surface area contributed by atoms with Crippen molar-refractivity contribution in [3.05, 3.63) is 48.2 Å². The van der Waals surface area contributed by atoms with Crippen molar-refractivity contribution < 1.29 is 26.7 Å². The average Bonchev–Trinajstić information content (AvgIpc) is 2.74. The van der Waals surface area contributed by atoms with Gasteiger partial charge >= 0.3 is 5.76 Å². The molecule has 1 N–H and O–H groups in total. The molecule has 0 saturated heterocycles. The highest BCUT2D eigenvalue weighted by atomic mass is 32.2.